The molecule has 0 radical (unpaired) electrons. The summed E-state index contributed by atoms with van der Waals surface area (Å²) in [4.78, 5) is 39.7. The molecule has 1 aromatic heterocycles. The minimum absolute atomic E-state index is 0.0124. The number of alkyl halides is 1. The predicted molar refractivity (Wildman–Crippen MR) is 159 cm³/mol. The Morgan fingerprint density at radius 1 is 1.10 bits per heavy atom. The molecule has 1 saturated heterocycles. The van der Waals surface area contributed by atoms with E-state index in [0.717, 1.165) is 30.3 Å². The SMILES string of the molecule is CCn1cc(C(=O)Nc2ccc(CC(=O)N3C[C@@H](F)C[C@H]3CO[C@H]3CC[C@H](C(=O)OC)CC3)cc2Cl)c2ccccc21. The first kappa shape index (κ1) is 30.0. The molecule has 0 spiro atoms. The first-order valence-electron chi connectivity index (χ1n) is 14.6. The lowest BCUT2D eigenvalue weighted by Gasteiger charge is -2.30. The van der Waals surface area contributed by atoms with Gasteiger partial charge in [0.2, 0.25) is 5.91 Å². The highest BCUT2D eigenvalue weighted by atomic mass is 35.5. The number of amides is 2. The quantitative estimate of drug-likeness (QED) is 0.315. The van der Waals surface area contributed by atoms with E-state index < -0.39 is 6.17 Å². The van der Waals surface area contributed by atoms with Gasteiger partial charge < -0.3 is 24.3 Å². The van der Waals surface area contributed by atoms with E-state index in [0.29, 0.717) is 34.7 Å². The van der Waals surface area contributed by atoms with Gasteiger partial charge in [0.25, 0.3) is 5.91 Å². The molecule has 1 N–H and O–H groups in total. The first-order valence-corrected chi connectivity index (χ1v) is 15.0. The average Bonchev–Trinajstić information content (AvgIpc) is 3.57. The van der Waals surface area contributed by atoms with Crippen LogP contribution in [0.1, 0.15) is 54.9 Å². The van der Waals surface area contributed by atoms with Gasteiger partial charge in [-0.15, -0.1) is 0 Å². The van der Waals surface area contributed by atoms with Crippen molar-refractivity contribution in [1.82, 2.24) is 9.47 Å². The summed E-state index contributed by atoms with van der Waals surface area (Å²) in [6.07, 6.45) is 3.91. The highest BCUT2D eigenvalue weighted by Crippen LogP contribution is 2.30. The summed E-state index contributed by atoms with van der Waals surface area (Å²) in [5.41, 5.74) is 2.66. The van der Waals surface area contributed by atoms with Crippen LogP contribution in [-0.2, 0) is 32.0 Å². The number of esters is 1. The Morgan fingerprint density at radius 3 is 2.57 bits per heavy atom. The van der Waals surface area contributed by atoms with Crippen molar-refractivity contribution < 1.29 is 28.2 Å². The smallest absolute Gasteiger partial charge is 0.308 e. The number of aromatic nitrogens is 1. The Kier molecular flexibility index (Phi) is 9.48. The van der Waals surface area contributed by atoms with Gasteiger partial charge in [0, 0.05) is 30.1 Å². The molecule has 2 aliphatic rings. The molecular weight excluding hydrogens is 561 g/mol. The largest absolute Gasteiger partial charge is 0.469 e. The molecule has 8 nitrogen and oxygen atoms in total. The summed E-state index contributed by atoms with van der Waals surface area (Å²) >= 11 is 6.53. The van der Waals surface area contributed by atoms with Crippen LogP contribution in [0, 0.1) is 5.92 Å². The zero-order valence-corrected chi connectivity index (χ0v) is 24.7. The second-order valence-corrected chi connectivity index (χ2v) is 11.6. The van der Waals surface area contributed by atoms with Crippen molar-refractivity contribution in [2.24, 2.45) is 5.92 Å². The van der Waals surface area contributed by atoms with Crippen molar-refractivity contribution in [3.05, 3.63) is 64.8 Å². The van der Waals surface area contributed by atoms with E-state index in [1.54, 1.807) is 23.1 Å². The number of halogens is 2. The maximum Gasteiger partial charge on any atom is 0.308 e. The van der Waals surface area contributed by atoms with Gasteiger partial charge in [-0.1, -0.05) is 35.9 Å². The number of hydrogen-bond donors (Lipinski definition) is 1. The lowest BCUT2D eigenvalue weighted by Crippen LogP contribution is -2.40. The third kappa shape index (κ3) is 6.63. The van der Waals surface area contributed by atoms with Gasteiger partial charge >= 0.3 is 5.97 Å². The molecule has 2 heterocycles. The molecule has 10 heteroatoms. The topological polar surface area (TPSA) is 89.9 Å². The molecule has 2 amide bonds. The number of aryl methyl sites for hydroxylation is 1. The molecule has 2 fully saturated rings. The van der Waals surface area contributed by atoms with E-state index in [1.165, 1.54) is 7.11 Å². The normalized spacial score (nSPS) is 22.3. The second-order valence-electron chi connectivity index (χ2n) is 11.2. The highest BCUT2D eigenvalue weighted by Gasteiger charge is 2.36. The van der Waals surface area contributed by atoms with E-state index in [-0.39, 0.29) is 61.8 Å². The van der Waals surface area contributed by atoms with Crippen LogP contribution >= 0.6 is 11.6 Å². The molecule has 0 unspecified atom stereocenters. The second kappa shape index (κ2) is 13.3. The molecule has 5 rings (SSSR count). The number of benzene rings is 2. The van der Waals surface area contributed by atoms with Crippen molar-refractivity contribution in [3.63, 3.8) is 0 Å². The molecule has 224 valence electrons. The minimum Gasteiger partial charge on any atom is -0.469 e. The Balaban J connectivity index is 1.17. The number of ether oxygens (including phenoxy) is 2. The van der Waals surface area contributed by atoms with Crippen molar-refractivity contribution in [2.45, 2.75) is 70.3 Å². The van der Waals surface area contributed by atoms with Crippen molar-refractivity contribution in [3.8, 4) is 0 Å². The number of para-hydroxylation sites is 1. The number of fused-ring (bicyclic) bond motifs is 1. The van der Waals surface area contributed by atoms with Crippen LogP contribution in [0.4, 0.5) is 10.1 Å². The lowest BCUT2D eigenvalue weighted by molar-refractivity contribution is -0.148. The fraction of sp³-hybridized carbons (Fsp3) is 0.469. The fourth-order valence-electron chi connectivity index (χ4n) is 6.13. The number of likely N-dealkylation sites (tertiary alicyclic amines) is 1. The van der Waals surface area contributed by atoms with Crippen LogP contribution in [0.25, 0.3) is 10.9 Å². The summed E-state index contributed by atoms with van der Waals surface area (Å²) in [5.74, 6) is -0.739. The number of nitrogens with one attached hydrogen (secondary N) is 1. The van der Waals surface area contributed by atoms with E-state index >= 15 is 0 Å². The van der Waals surface area contributed by atoms with Gasteiger partial charge in [-0.25, -0.2) is 4.39 Å². The van der Waals surface area contributed by atoms with Crippen molar-refractivity contribution in [1.29, 1.82) is 0 Å². The van der Waals surface area contributed by atoms with Gasteiger partial charge in [-0.2, -0.15) is 0 Å². The van der Waals surface area contributed by atoms with E-state index in [2.05, 4.69) is 5.32 Å². The van der Waals surface area contributed by atoms with Crippen molar-refractivity contribution >= 4 is 46.0 Å². The standard InChI is InChI=1S/C32H37ClFN3O5/c1-3-36-18-26(25-6-4-5-7-29(25)36)31(39)35-28-13-8-20(14-27(28)33)15-30(38)37-17-22(34)16-23(37)19-42-24-11-9-21(10-12-24)32(40)41-2/h4-8,13-14,18,21-24H,3,9-12,15-17,19H2,1-2H3,(H,35,39)/t21-,22-,23-,24-/m0/s1. The third-order valence-corrected chi connectivity index (χ3v) is 8.74. The van der Waals surface area contributed by atoms with Gasteiger partial charge in [0.15, 0.2) is 0 Å². The molecule has 2 aromatic carbocycles. The van der Waals surface area contributed by atoms with Gasteiger partial charge in [0.1, 0.15) is 6.17 Å². The number of anilines is 1. The van der Waals surface area contributed by atoms with E-state index in [1.807, 2.05) is 42.0 Å². The van der Waals surface area contributed by atoms with Crippen LogP contribution in [0.5, 0.6) is 0 Å². The molecule has 42 heavy (non-hydrogen) atoms. The Labute approximate surface area is 250 Å². The van der Waals surface area contributed by atoms with Gasteiger partial charge in [-0.05, 0) is 56.4 Å². The predicted octanol–water partition coefficient (Wildman–Crippen LogP) is 5.80. The number of hydrogen-bond acceptors (Lipinski definition) is 5. The summed E-state index contributed by atoms with van der Waals surface area (Å²) in [6, 6.07) is 12.5. The van der Waals surface area contributed by atoms with E-state index in [4.69, 9.17) is 21.1 Å². The van der Waals surface area contributed by atoms with Crippen LogP contribution < -0.4 is 5.32 Å². The van der Waals surface area contributed by atoms with E-state index in [9.17, 15) is 18.8 Å². The number of methoxy groups -OCH3 is 1. The van der Waals surface area contributed by atoms with Gasteiger partial charge in [-0.3, -0.25) is 14.4 Å². The summed E-state index contributed by atoms with van der Waals surface area (Å²) < 4.78 is 27.3. The minimum atomic E-state index is -1.10. The summed E-state index contributed by atoms with van der Waals surface area (Å²) in [6.45, 7) is 3.06. The third-order valence-electron chi connectivity index (χ3n) is 8.43. The fourth-order valence-corrected chi connectivity index (χ4v) is 6.38. The Hall–Kier alpha value is -3.43. The Morgan fingerprint density at radius 2 is 1.86 bits per heavy atom. The van der Waals surface area contributed by atoms with Crippen LogP contribution in [0.3, 0.4) is 0 Å². The summed E-state index contributed by atoms with van der Waals surface area (Å²) in [5, 5.41) is 4.07. The lowest BCUT2D eigenvalue weighted by atomic mass is 9.87. The summed E-state index contributed by atoms with van der Waals surface area (Å²) in [7, 11) is 1.40. The highest BCUT2D eigenvalue weighted by molar-refractivity contribution is 6.34. The number of carbonyl (C=O) groups is 3. The Bertz CT molecular complexity index is 1450. The molecule has 1 aliphatic heterocycles. The number of nitrogens with zero attached hydrogens (tertiary/aromatic N) is 2. The molecule has 3 aromatic rings. The number of rotatable bonds is 9. The average molecular weight is 598 g/mol. The van der Waals surface area contributed by atoms with Crippen molar-refractivity contribution in [2.75, 3.05) is 25.6 Å². The van der Waals surface area contributed by atoms with Crippen LogP contribution in [-0.4, -0.2) is 65.8 Å². The molecular formula is C32H37ClFN3O5. The molecule has 1 saturated carbocycles. The van der Waals surface area contributed by atoms with Crippen LogP contribution in [0.2, 0.25) is 5.02 Å². The molecule has 2 atom stereocenters. The van der Waals surface area contributed by atoms with Gasteiger partial charge in [0.05, 0.1) is 61.0 Å². The maximum absolute atomic E-state index is 14.4. The zero-order chi connectivity index (χ0) is 29.8. The zero-order valence-electron chi connectivity index (χ0n) is 24.0. The maximum atomic E-state index is 14.4. The number of carbonyl (C=O) groups excluding carboxylic acids is 3. The molecule has 0 bridgehead atoms. The first-order chi connectivity index (χ1) is 20.3. The monoisotopic (exact) mass is 597 g/mol. The van der Waals surface area contributed by atoms with Crippen LogP contribution in [0.15, 0.2) is 48.7 Å². The molecule has 1 aliphatic carbocycles.